The molecular formula is C24H24ClN3O6S2. The monoisotopic (exact) mass is 549 g/mol. The van der Waals surface area contributed by atoms with Crippen molar-refractivity contribution in [2.75, 3.05) is 30.2 Å². The number of ether oxygens (including phenoxy) is 1. The molecule has 190 valence electrons. The van der Waals surface area contributed by atoms with Crippen molar-refractivity contribution in [2.45, 2.75) is 22.6 Å². The van der Waals surface area contributed by atoms with Gasteiger partial charge in [0, 0.05) is 23.8 Å². The van der Waals surface area contributed by atoms with Gasteiger partial charge in [-0.25, -0.2) is 16.8 Å². The van der Waals surface area contributed by atoms with Gasteiger partial charge in [0.2, 0.25) is 10.0 Å². The predicted molar refractivity (Wildman–Crippen MR) is 138 cm³/mol. The molecule has 36 heavy (non-hydrogen) atoms. The molecular weight excluding hydrogens is 526 g/mol. The van der Waals surface area contributed by atoms with Crippen LogP contribution in [0.25, 0.3) is 0 Å². The molecule has 0 aromatic heterocycles. The van der Waals surface area contributed by atoms with E-state index in [1.165, 1.54) is 59.9 Å². The second kappa shape index (κ2) is 10.5. The van der Waals surface area contributed by atoms with E-state index in [-0.39, 0.29) is 21.1 Å². The zero-order valence-corrected chi connectivity index (χ0v) is 21.7. The summed E-state index contributed by atoms with van der Waals surface area (Å²) in [7, 11) is -6.23. The maximum atomic E-state index is 13.0. The number of anilines is 2. The van der Waals surface area contributed by atoms with E-state index >= 15 is 0 Å². The van der Waals surface area contributed by atoms with Gasteiger partial charge in [-0.3, -0.25) is 9.52 Å². The number of carbonyl (C=O) groups is 1. The SMILES string of the molecule is COc1ccc(S(=O)(=O)N2CCCC2)cc1C(=O)Nc1ccc(S(=O)(=O)Nc2cccc(Cl)c2)cc1. The predicted octanol–water partition coefficient (Wildman–Crippen LogP) is 4.19. The lowest BCUT2D eigenvalue weighted by molar-refractivity contribution is 0.102. The van der Waals surface area contributed by atoms with Crippen LogP contribution in [0, 0.1) is 0 Å². The van der Waals surface area contributed by atoms with Gasteiger partial charge in [0.25, 0.3) is 15.9 Å². The molecule has 1 heterocycles. The lowest BCUT2D eigenvalue weighted by atomic mass is 10.2. The van der Waals surface area contributed by atoms with E-state index in [0.717, 1.165) is 12.8 Å². The molecule has 2 N–H and O–H groups in total. The number of hydrogen-bond donors (Lipinski definition) is 2. The number of amides is 1. The molecule has 12 heteroatoms. The summed E-state index contributed by atoms with van der Waals surface area (Å²) in [6.07, 6.45) is 1.59. The zero-order chi connectivity index (χ0) is 25.9. The molecule has 4 rings (SSSR count). The van der Waals surface area contributed by atoms with Crippen LogP contribution in [0.5, 0.6) is 5.75 Å². The number of rotatable bonds is 8. The molecule has 0 aliphatic carbocycles. The summed E-state index contributed by atoms with van der Waals surface area (Å²) in [6, 6.07) is 16.0. The Morgan fingerprint density at radius 1 is 0.889 bits per heavy atom. The fourth-order valence-corrected chi connectivity index (χ4v) is 6.57. The van der Waals surface area contributed by atoms with Gasteiger partial charge in [-0.15, -0.1) is 0 Å². The minimum Gasteiger partial charge on any atom is -0.496 e. The van der Waals surface area contributed by atoms with E-state index < -0.39 is 26.0 Å². The van der Waals surface area contributed by atoms with Crippen LogP contribution in [0.1, 0.15) is 23.2 Å². The Kier molecular flexibility index (Phi) is 7.55. The van der Waals surface area contributed by atoms with Crippen molar-refractivity contribution in [3.63, 3.8) is 0 Å². The van der Waals surface area contributed by atoms with Crippen LogP contribution in [-0.4, -0.2) is 47.2 Å². The van der Waals surface area contributed by atoms with Crippen molar-refractivity contribution in [2.24, 2.45) is 0 Å². The van der Waals surface area contributed by atoms with E-state index in [1.54, 1.807) is 18.2 Å². The van der Waals surface area contributed by atoms with Gasteiger partial charge in [-0.1, -0.05) is 17.7 Å². The third-order valence-electron chi connectivity index (χ3n) is 5.62. The maximum absolute atomic E-state index is 13.0. The first-order valence-electron chi connectivity index (χ1n) is 11.0. The molecule has 3 aromatic rings. The van der Waals surface area contributed by atoms with Gasteiger partial charge < -0.3 is 10.1 Å². The molecule has 0 radical (unpaired) electrons. The van der Waals surface area contributed by atoms with Crippen LogP contribution in [0.4, 0.5) is 11.4 Å². The molecule has 9 nitrogen and oxygen atoms in total. The number of sulfonamides is 2. The fraction of sp³-hybridized carbons (Fsp3) is 0.208. The molecule has 1 saturated heterocycles. The van der Waals surface area contributed by atoms with Gasteiger partial charge >= 0.3 is 0 Å². The first kappa shape index (κ1) is 26.0. The third kappa shape index (κ3) is 5.65. The fourth-order valence-electron chi connectivity index (χ4n) is 3.78. The Labute approximate surface area is 215 Å². The summed E-state index contributed by atoms with van der Waals surface area (Å²) < 4.78 is 60.3. The Morgan fingerprint density at radius 3 is 2.19 bits per heavy atom. The van der Waals surface area contributed by atoms with Crippen LogP contribution < -0.4 is 14.8 Å². The number of carbonyl (C=O) groups excluding carboxylic acids is 1. The van der Waals surface area contributed by atoms with E-state index in [2.05, 4.69) is 10.0 Å². The average Bonchev–Trinajstić information content (AvgIpc) is 3.40. The molecule has 1 fully saturated rings. The second-order valence-corrected chi connectivity index (χ2v) is 12.1. The zero-order valence-electron chi connectivity index (χ0n) is 19.3. The van der Waals surface area contributed by atoms with E-state index in [1.807, 2.05) is 0 Å². The highest BCUT2D eigenvalue weighted by Crippen LogP contribution is 2.28. The normalized spacial score (nSPS) is 14.4. The molecule has 0 unspecified atom stereocenters. The summed E-state index contributed by atoms with van der Waals surface area (Å²) in [5.41, 5.74) is 0.671. The van der Waals surface area contributed by atoms with Gasteiger partial charge in [-0.05, 0) is 73.5 Å². The Bertz CT molecular complexity index is 1490. The topological polar surface area (TPSA) is 122 Å². The second-order valence-electron chi connectivity index (χ2n) is 8.07. The molecule has 0 saturated carbocycles. The van der Waals surface area contributed by atoms with Gasteiger partial charge in [0.1, 0.15) is 5.75 Å². The first-order chi connectivity index (χ1) is 17.1. The highest BCUT2D eigenvalue weighted by molar-refractivity contribution is 7.92. The minimum absolute atomic E-state index is 0.00359. The number of methoxy groups -OCH3 is 1. The highest BCUT2D eigenvalue weighted by Gasteiger charge is 2.28. The molecule has 0 bridgehead atoms. The number of halogens is 1. The molecule has 3 aromatic carbocycles. The largest absolute Gasteiger partial charge is 0.496 e. The van der Waals surface area contributed by atoms with Crippen LogP contribution in [-0.2, 0) is 20.0 Å². The number of nitrogens with one attached hydrogen (secondary N) is 2. The lowest BCUT2D eigenvalue weighted by Gasteiger charge is -2.17. The van der Waals surface area contributed by atoms with Crippen LogP contribution in [0.2, 0.25) is 5.02 Å². The van der Waals surface area contributed by atoms with Crippen molar-refractivity contribution >= 4 is 48.9 Å². The molecule has 0 atom stereocenters. The van der Waals surface area contributed by atoms with Gasteiger partial charge in [-0.2, -0.15) is 4.31 Å². The van der Waals surface area contributed by atoms with Crippen molar-refractivity contribution < 1.29 is 26.4 Å². The quantitative estimate of drug-likeness (QED) is 0.434. The van der Waals surface area contributed by atoms with Crippen LogP contribution >= 0.6 is 11.6 Å². The third-order valence-corrected chi connectivity index (χ3v) is 9.14. The van der Waals surface area contributed by atoms with Crippen molar-refractivity contribution in [3.8, 4) is 5.75 Å². The van der Waals surface area contributed by atoms with E-state index in [9.17, 15) is 21.6 Å². The van der Waals surface area contributed by atoms with Crippen molar-refractivity contribution in [3.05, 3.63) is 77.3 Å². The van der Waals surface area contributed by atoms with Crippen LogP contribution in [0.15, 0.2) is 76.5 Å². The molecule has 1 aliphatic rings. The van der Waals surface area contributed by atoms with Crippen molar-refractivity contribution in [1.29, 1.82) is 0 Å². The average molecular weight is 550 g/mol. The number of nitrogens with zero attached hydrogens (tertiary/aromatic N) is 1. The maximum Gasteiger partial charge on any atom is 0.261 e. The summed E-state index contributed by atoms with van der Waals surface area (Å²) in [5, 5.41) is 3.05. The summed E-state index contributed by atoms with van der Waals surface area (Å²) in [6.45, 7) is 0.884. The summed E-state index contributed by atoms with van der Waals surface area (Å²) >= 11 is 5.91. The standard InChI is InChI=1S/C24H24ClN3O6S2/c1-34-23-12-11-21(36(32,33)28-13-2-3-14-28)16-22(23)24(29)26-18-7-9-20(10-8-18)35(30,31)27-19-6-4-5-17(25)15-19/h4-12,15-16,27H,2-3,13-14H2,1H3,(H,26,29). The lowest BCUT2D eigenvalue weighted by Crippen LogP contribution is -2.28. The van der Waals surface area contributed by atoms with Crippen molar-refractivity contribution in [1.82, 2.24) is 4.31 Å². The van der Waals surface area contributed by atoms with Gasteiger partial charge in [0.05, 0.1) is 28.2 Å². The van der Waals surface area contributed by atoms with E-state index in [0.29, 0.717) is 29.5 Å². The summed E-state index contributed by atoms with van der Waals surface area (Å²) in [4.78, 5) is 13.0. The van der Waals surface area contributed by atoms with Crippen LogP contribution in [0.3, 0.4) is 0 Å². The Balaban J connectivity index is 1.53. The minimum atomic E-state index is -3.88. The number of benzene rings is 3. The first-order valence-corrected chi connectivity index (χ1v) is 14.3. The molecule has 1 aliphatic heterocycles. The van der Waals surface area contributed by atoms with Gasteiger partial charge in [0.15, 0.2) is 0 Å². The molecule has 1 amide bonds. The summed E-state index contributed by atoms with van der Waals surface area (Å²) in [5.74, 6) is -0.393. The smallest absolute Gasteiger partial charge is 0.261 e. The Morgan fingerprint density at radius 2 is 1.56 bits per heavy atom. The highest BCUT2D eigenvalue weighted by atomic mass is 35.5. The number of hydrogen-bond acceptors (Lipinski definition) is 6. The Hall–Kier alpha value is -3.12. The van der Waals surface area contributed by atoms with E-state index in [4.69, 9.17) is 16.3 Å². The molecule has 0 spiro atoms.